The second-order valence-electron chi connectivity index (χ2n) is 13.7. The predicted molar refractivity (Wildman–Crippen MR) is 198 cm³/mol. The quantitative estimate of drug-likeness (QED) is 0.217. The number of nitrogens with one attached hydrogen (secondary N) is 4. The van der Waals surface area contributed by atoms with E-state index in [0.717, 1.165) is 0 Å². The first-order chi connectivity index (χ1) is 26.0. The monoisotopic (exact) mass is 788 g/mol. The smallest absolute Gasteiger partial charge is 0.453 e. The van der Waals surface area contributed by atoms with Crippen LogP contribution in [0.2, 0.25) is 0 Å². The van der Waals surface area contributed by atoms with Crippen molar-refractivity contribution in [2.45, 2.75) is 77.5 Å². The highest BCUT2D eigenvalue weighted by molar-refractivity contribution is 7.82. The number of ether oxygens (including phenoxy) is 2. The summed E-state index contributed by atoms with van der Waals surface area (Å²) in [6.07, 6.45) is 0.515. The maximum absolute atomic E-state index is 13.3. The molecule has 4 rings (SSSR count). The summed E-state index contributed by atoms with van der Waals surface area (Å²) in [6.45, 7) is 7.76. The lowest BCUT2D eigenvalue weighted by Crippen LogP contribution is -2.54. The van der Waals surface area contributed by atoms with E-state index >= 15 is 0 Å². The van der Waals surface area contributed by atoms with Crippen molar-refractivity contribution in [3.63, 3.8) is 0 Å². The van der Waals surface area contributed by atoms with Gasteiger partial charge in [0.2, 0.25) is 23.6 Å². The number of likely N-dealkylation sites (tertiary alicyclic amines) is 2. The molecule has 0 aromatic heterocycles. The molecule has 2 aliphatic rings. The van der Waals surface area contributed by atoms with Crippen molar-refractivity contribution in [3.8, 4) is 11.5 Å². The van der Waals surface area contributed by atoms with Crippen LogP contribution in [0.3, 0.4) is 0 Å². The molecule has 18 nitrogen and oxygen atoms in total. The minimum Gasteiger partial charge on any atom is -0.453 e. The summed E-state index contributed by atoms with van der Waals surface area (Å²) >= 11 is 0. The summed E-state index contributed by atoms with van der Waals surface area (Å²) in [5.74, 6) is -2.42. The molecule has 19 heteroatoms. The van der Waals surface area contributed by atoms with Crippen LogP contribution in [0.15, 0.2) is 48.5 Å². The normalized spacial score (nSPS) is 17.9. The van der Waals surface area contributed by atoms with Gasteiger partial charge in [0.05, 0.1) is 14.2 Å². The number of amides is 6. The number of hydrogen-bond acceptors (Lipinski definition) is 12. The van der Waals surface area contributed by atoms with Gasteiger partial charge in [0.15, 0.2) is 0 Å². The van der Waals surface area contributed by atoms with Crippen LogP contribution < -0.4 is 29.6 Å². The summed E-state index contributed by atoms with van der Waals surface area (Å²) in [5.41, 5.74) is 0.645. The summed E-state index contributed by atoms with van der Waals surface area (Å²) in [5, 5.41) is 10.5. The Morgan fingerprint density at radius 1 is 0.618 bits per heavy atom. The summed E-state index contributed by atoms with van der Waals surface area (Å²) < 4.78 is 44.8. The average Bonchev–Trinajstić information content (AvgIpc) is 3.84. The third-order valence-electron chi connectivity index (χ3n) is 9.10. The Hall–Kier alpha value is -5.59. The molecule has 0 spiro atoms. The molecule has 2 aliphatic heterocycles. The minimum absolute atomic E-state index is 0.106. The SMILES string of the molecule is COC(=O)N[C@@H](C(=O)N1CCC[C@H]1C(=O)Nc1ccc(OS(=O)(=O)Oc2ccc(NC(=O)[C@@H]3CCCN3C(=O)[C@H](NC(=O)OC)C(C)C)cc2)cc1)C(C)C. The summed E-state index contributed by atoms with van der Waals surface area (Å²) in [6, 6.07) is 7.64. The van der Waals surface area contributed by atoms with Gasteiger partial charge >= 0.3 is 22.6 Å². The number of hydrogen-bond donors (Lipinski definition) is 4. The zero-order chi connectivity index (χ0) is 40.4. The first kappa shape index (κ1) is 42.2. The van der Waals surface area contributed by atoms with Gasteiger partial charge in [-0.3, -0.25) is 19.2 Å². The molecule has 4 atom stereocenters. The van der Waals surface area contributed by atoms with Crippen molar-refractivity contribution in [1.29, 1.82) is 0 Å². The highest BCUT2D eigenvalue weighted by Crippen LogP contribution is 2.26. The van der Waals surface area contributed by atoms with Crippen LogP contribution in [0.4, 0.5) is 21.0 Å². The minimum atomic E-state index is -4.61. The zero-order valence-electron chi connectivity index (χ0n) is 31.5. The highest BCUT2D eigenvalue weighted by atomic mass is 32.3. The molecule has 6 amide bonds. The van der Waals surface area contributed by atoms with Gasteiger partial charge in [-0.15, -0.1) is 8.42 Å². The van der Waals surface area contributed by atoms with Crippen LogP contribution in [0.25, 0.3) is 0 Å². The number of alkyl carbamates (subject to hydrolysis) is 2. The number of carbonyl (C=O) groups excluding carboxylic acids is 6. The largest absolute Gasteiger partial charge is 0.500 e. The van der Waals surface area contributed by atoms with E-state index < -0.39 is 70.4 Å². The Morgan fingerprint density at radius 3 is 1.27 bits per heavy atom. The van der Waals surface area contributed by atoms with Gasteiger partial charge in [-0.2, -0.15) is 0 Å². The van der Waals surface area contributed by atoms with Crippen LogP contribution in [-0.2, 0) is 39.1 Å². The maximum Gasteiger partial charge on any atom is 0.500 e. The van der Waals surface area contributed by atoms with Crippen molar-refractivity contribution >= 4 is 57.6 Å². The van der Waals surface area contributed by atoms with Crippen LogP contribution >= 0.6 is 0 Å². The molecule has 2 heterocycles. The van der Waals surface area contributed by atoms with Crippen molar-refractivity contribution in [2.75, 3.05) is 37.9 Å². The first-order valence-corrected chi connectivity index (χ1v) is 19.1. The lowest BCUT2D eigenvalue weighted by atomic mass is 10.0. The Bertz CT molecular complexity index is 1700. The van der Waals surface area contributed by atoms with Crippen LogP contribution in [0.5, 0.6) is 11.5 Å². The molecule has 4 N–H and O–H groups in total. The summed E-state index contributed by atoms with van der Waals surface area (Å²) in [7, 11) is -2.22. The molecule has 2 saturated heterocycles. The molecule has 300 valence electrons. The second-order valence-corrected chi connectivity index (χ2v) is 14.8. The van der Waals surface area contributed by atoms with Gasteiger partial charge < -0.3 is 48.9 Å². The van der Waals surface area contributed by atoms with E-state index in [4.69, 9.17) is 8.37 Å². The van der Waals surface area contributed by atoms with Crippen LogP contribution in [-0.4, -0.2) is 106 Å². The average molecular weight is 789 g/mol. The molecule has 2 aromatic carbocycles. The van der Waals surface area contributed by atoms with Crippen molar-refractivity contribution < 1.29 is 55.0 Å². The standard InChI is InChI=1S/C36H48N6O12S/c1-21(2)29(39-35(47)51-5)33(45)41-19-7-9-27(41)31(43)37-23-11-15-25(16-12-23)53-55(49,50)54-26-17-13-24(14-18-26)38-32(44)28-10-8-20-42(28)34(46)30(22(3)4)40-36(48)52-6/h11-18,21-22,27-30H,7-10,19-20H2,1-6H3,(H,37,43)(H,38,44)(H,39,47)(H,40,48)/t27-,28-,29+,30+/m0/s1. The van der Waals surface area contributed by atoms with Gasteiger partial charge in [0.25, 0.3) is 0 Å². The van der Waals surface area contributed by atoms with Crippen molar-refractivity contribution in [2.24, 2.45) is 11.8 Å². The third kappa shape index (κ3) is 11.2. The lowest BCUT2D eigenvalue weighted by Gasteiger charge is -2.30. The molecule has 2 fully saturated rings. The Morgan fingerprint density at radius 2 is 0.964 bits per heavy atom. The fraction of sp³-hybridized carbons (Fsp3) is 0.500. The molecular weight excluding hydrogens is 740 g/mol. The van der Waals surface area contributed by atoms with Gasteiger partial charge in [-0.1, -0.05) is 27.7 Å². The van der Waals surface area contributed by atoms with Gasteiger partial charge in [-0.25, -0.2) is 9.59 Å². The molecule has 2 aromatic rings. The van der Waals surface area contributed by atoms with E-state index in [0.29, 0.717) is 50.1 Å². The first-order valence-electron chi connectivity index (χ1n) is 17.8. The van der Waals surface area contributed by atoms with E-state index in [1.54, 1.807) is 27.7 Å². The third-order valence-corrected chi connectivity index (χ3v) is 9.89. The van der Waals surface area contributed by atoms with E-state index in [1.165, 1.54) is 72.6 Å². The van der Waals surface area contributed by atoms with E-state index in [2.05, 4.69) is 30.7 Å². The van der Waals surface area contributed by atoms with Crippen LogP contribution in [0, 0.1) is 11.8 Å². The topological polar surface area (TPSA) is 228 Å². The number of methoxy groups -OCH3 is 2. The highest BCUT2D eigenvalue weighted by Gasteiger charge is 2.40. The van der Waals surface area contributed by atoms with Gasteiger partial charge in [-0.05, 0) is 86.1 Å². The molecule has 0 bridgehead atoms. The van der Waals surface area contributed by atoms with Gasteiger partial charge in [0.1, 0.15) is 35.7 Å². The molecule has 0 unspecified atom stereocenters. The fourth-order valence-corrected chi connectivity index (χ4v) is 6.98. The maximum atomic E-state index is 13.3. The Balaban J connectivity index is 1.30. The second kappa shape index (κ2) is 18.6. The fourth-order valence-electron chi connectivity index (χ4n) is 6.25. The van der Waals surface area contributed by atoms with Crippen LogP contribution in [0.1, 0.15) is 53.4 Å². The predicted octanol–water partition coefficient (Wildman–Crippen LogP) is 3.01. The zero-order valence-corrected chi connectivity index (χ0v) is 32.3. The molecule has 0 saturated carbocycles. The molecule has 55 heavy (non-hydrogen) atoms. The molecular formula is C36H48N6O12S. The Kier molecular flexibility index (Phi) is 14.3. The van der Waals surface area contributed by atoms with E-state index in [-0.39, 0.29) is 23.3 Å². The number of rotatable bonds is 14. The Labute approximate surface area is 319 Å². The molecule has 0 aliphatic carbocycles. The number of nitrogens with zero attached hydrogens (tertiary/aromatic N) is 2. The van der Waals surface area contributed by atoms with Crippen molar-refractivity contribution in [3.05, 3.63) is 48.5 Å². The van der Waals surface area contributed by atoms with E-state index in [9.17, 15) is 37.2 Å². The number of carbonyl (C=O) groups is 6. The lowest BCUT2D eigenvalue weighted by molar-refractivity contribution is -0.139. The number of benzene rings is 2. The van der Waals surface area contributed by atoms with Gasteiger partial charge in [0, 0.05) is 24.5 Å². The molecule has 0 radical (unpaired) electrons. The van der Waals surface area contributed by atoms with E-state index in [1.807, 2.05) is 0 Å². The number of anilines is 2. The van der Waals surface area contributed by atoms with Crippen molar-refractivity contribution in [1.82, 2.24) is 20.4 Å². The summed E-state index contributed by atoms with van der Waals surface area (Å²) in [4.78, 5) is 79.4.